The third-order valence-corrected chi connectivity index (χ3v) is 4.99. The van der Waals surface area contributed by atoms with Crippen LogP contribution < -0.4 is 15.5 Å². The molecule has 0 saturated carbocycles. The van der Waals surface area contributed by atoms with Crippen LogP contribution in [0.1, 0.15) is 42.0 Å². The van der Waals surface area contributed by atoms with Crippen LogP contribution in [0.3, 0.4) is 0 Å². The first kappa shape index (κ1) is 23.6. The number of nitro benzene ring substituents is 1. The largest absolute Gasteiger partial charge is 0.493 e. The molecule has 1 amide bonds. The van der Waals surface area contributed by atoms with Crippen molar-refractivity contribution in [1.82, 2.24) is 15.1 Å². The molecular weight excluding hydrogens is 424 g/mol. The molecule has 0 bridgehead atoms. The fourth-order valence-electron chi connectivity index (χ4n) is 3.20. The number of benzene rings is 2. The zero-order chi connectivity index (χ0) is 24.0. The van der Waals surface area contributed by atoms with Crippen LogP contribution >= 0.6 is 0 Å². The molecule has 0 aliphatic carbocycles. The Kier molecular flexibility index (Phi) is 7.55. The van der Waals surface area contributed by atoms with Crippen molar-refractivity contribution in [3.8, 4) is 11.4 Å². The Morgan fingerprint density at radius 1 is 1.18 bits per heavy atom. The third-order valence-electron chi connectivity index (χ3n) is 4.99. The summed E-state index contributed by atoms with van der Waals surface area (Å²) in [7, 11) is 0. The summed E-state index contributed by atoms with van der Waals surface area (Å²) in [6, 6.07) is 14.6. The number of amides is 1. The van der Waals surface area contributed by atoms with Crippen molar-refractivity contribution < 1.29 is 14.5 Å². The normalized spacial score (nSPS) is 10.8. The minimum absolute atomic E-state index is 0.136. The van der Waals surface area contributed by atoms with E-state index in [0.717, 1.165) is 12.0 Å². The summed E-state index contributed by atoms with van der Waals surface area (Å²) in [5.74, 6) is 0.490. The molecule has 172 valence electrons. The van der Waals surface area contributed by atoms with Gasteiger partial charge < -0.3 is 10.1 Å². The maximum Gasteiger partial charge on any atom is 0.294 e. The van der Waals surface area contributed by atoms with Gasteiger partial charge in [0, 0.05) is 29.9 Å². The number of aryl methyl sites for hydroxylation is 1. The highest BCUT2D eigenvalue weighted by Gasteiger charge is 2.20. The average molecular weight is 450 g/mol. The van der Waals surface area contributed by atoms with Crippen LogP contribution in [0.5, 0.6) is 5.75 Å². The lowest BCUT2D eigenvalue weighted by atomic mass is 10.1. The highest BCUT2D eigenvalue weighted by molar-refractivity contribution is 5.92. The minimum Gasteiger partial charge on any atom is -0.493 e. The lowest BCUT2D eigenvalue weighted by Crippen LogP contribution is -2.31. The maximum atomic E-state index is 12.8. The number of ether oxygens (including phenoxy) is 1. The lowest BCUT2D eigenvalue weighted by molar-refractivity contribution is -0.384. The number of nitrogens with one attached hydrogen (secondary N) is 1. The highest BCUT2D eigenvalue weighted by Crippen LogP contribution is 2.22. The molecule has 9 heteroatoms. The Morgan fingerprint density at radius 2 is 1.88 bits per heavy atom. The van der Waals surface area contributed by atoms with E-state index >= 15 is 0 Å². The van der Waals surface area contributed by atoms with Gasteiger partial charge in [-0.05, 0) is 31.4 Å². The fraction of sp³-hybridized carbons (Fsp3) is 0.292. The zero-order valence-corrected chi connectivity index (χ0v) is 18.8. The second-order valence-electron chi connectivity index (χ2n) is 7.98. The Labute approximate surface area is 191 Å². The predicted molar refractivity (Wildman–Crippen MR) is 124 cm³/mol. The first-order valence-corrected chi connectivity index (χ1v) is 10.6. The Balaban J connectivity index is 1.83. The standard InChI is InChI=1S/C24H26N4O5/c1-16(2)12-13-33-22-11-7-4-8-18(22)15-25-24(30)23-21(29)14-17(3)27(26-23)19-9-5-6-10-20(19)28(31)32/h4-11,14,16H,12-13,15H2,1-3H3,(H,25,30). The van der Waals surface area contributed by atoms with E-state index in [1.54, 1.807) is 13.0 Å². The smallest absolute Gasteiger partial charge is 0.294 e. The minimum atomic E-state index is -0.677. The van der Waals surface area contributed by atoms with Crippen molar-refractivity contribution in [2.45, 2.75) is 33.7 Å². The molecule has 1 N–H and O–H groups in total. The van der Waals surface area contributed by atoms with E-state index in [-0.39, 0.29) is 23.6 Å². The number of para-hydroxylation sites is 3. The van der Waals surface area contributed by atoms with Crippen molar-refractivity contribution in [2.24, 2.45) is 5.92 Å². The molecule has 1 aromatic heterocycles. The summed E-state index contributed by atoms with van der Waals surface area (Å²) in [6.07, 6.45) is 0.902. The summed E-state index contributed by atoms with van der Waals surface area (Å²) >= 11 is 0. The number of nitro groups is 1. The first-order valence-electron chi connectivity index (χ1n) is 10.6. The molecule has 0 unspecified atom stereocenters. The van der Waals surface area contributed by atoms with Gasteiger partial charge in [0.05, 0.1) is 11.5 Å². The van der Waals surface area contributed by atoms with E-state index in [2.05, 4.69) is 24.3 Å². The second-order valence-corrected chi connectivity index (χ2v) is 7.98. The first-order chi connectivity index (χ1) is 15.8. The summed E-state index contributed by atoms with van der Waals surface area (Å²) < 4.78 is 7.07. The van der Waals surface area contributed by atoms with Crippen LogP contribution in [-0.2, 0) is 6.54 Å². The number of carbonyl (C=O) groups excluding carboxylic acids is 1. The molecule has 0 aliphatic rings. The van der Waals surface area contributed by atoms with E-state index < -0.39 is 16.3 Å². The van der Waals surface area contributed by atoms with Crippen molar-refractivity contribution in [2.75, 3.05) is 6.61 Å². The van der Waals surface area contributed by atoms with Gasteiger partial charge in [0.1, 0.15) is 11.4 Å². The van der Waals surface area contributed by atoms with Crippen molar-refractivity contribution >= 4 is 11.6 Å². The second kappa shape index (κ2) is 10.5. The van der Waals surface area contributed by atoms with Crippen LogP contribution in [0.25, 0.3) is 5.69 Å². The van der Waals surface area contributed by atoms with E-state index in [9.17, 15) is 19.7 Å². The summed E-state index contributed by atoms with van der Waals surface area (Å²) in [5, 5.41) is 18.3. The van der Waals surface area contributed by atoms with E-state index in [1.165, 1.54) is 28.9 Å². The molecule has 0 atom stereocenters. The monoisotopic (exact) mass is 450 g/mol. The van der Waals surface area contributed by atoms with Crippen molar-refractivity contribution in [3.05, 3.63) is 91.9 Å². The predicted octanol–water partition coefficient (Wildman–Crippen LogP) is 3.80. The maximum absolute atomic E-state index is 12.8. The van der Waals surface area contributed by atoms with E-state index in [0.29, 0.717) is 24.0 Å². The fourth-order valence-corrected chi connectivity index (χ4v) is 3.20. The zero-order valence-electron chi connectivity index (χ0n) is 18.8. The Bertz CT molecular complexity index is 1220. The topological polar surface area (TPSA) is 116 Å². The van der Waals surface area contributed by atoms with Gasteiger partial charge in [0.15, 0.2) is 5.69 Å². The summed E-state index contributed by atoms with van der Waals surface area (Å²) in [5.41, 5.74) is 0.197. The van der Waals surface area contributed by atoms with Gasteiger partial charge >= 0.3 is 0 Å². The molecule has 3 aromatic rings. The molecular formula is C24H26N4O5. The van der Waals surface area contributed by atoms with Gasteiger partial charge in [-0.1, -0.05) is 44.2 Å². The number of nitrogens with zero attached hydrogens (tertiary/aromatic N) is 3. The van der Waals surface area contributed by atoms with E-state index in [4.69, 9.17) is 4.74 Å². The van der Waals surface area contributed by atoms with E-state index in [1.807, 2.05) is 24.3 Å². The van der Waals surface area contributed by atoms with Gasteiger partial charge in [-0.3, -0.25) is 19.7 Å². The molecule has 0 radical (unpaired) electrons. The van der Waals surface area contributed by atoms with Crippen molar-refractivity contribution in [3.63, 3.8) is 0 Å². The van der Waals surface area contributed by atoms with Gasteiger partial charge in [-0.25, -0.2) is 4.68 Å². The number of carbonyl (C=O) groups is 1. The molecule has 0 aliphatic heterocycles. The van der Waals surface area contributed by atoms with Gasteiger partial charge in [-0.15, -0.1) is 0 Å². The number of aromatic nitrogens is 2. The molecule has 3 rings (SSSR count). The Hall–Kier alpha value is -4.01. The molecule has 9 nitrogen and oxygen atoms in total. The molecule has 0 saturated heterocycles. The molecule has 33 heavy (non-hydrogen) atoms. The number of rotatable bonds is 9. The summed E-state index contributed by atoms with van der Waals surface area (Å²) in [4.78, 5) is 36.1. The Morgan fingerprint density at radius 3 is 2.61 bits per heavy atom. The number of hydrogen-bond donors (Lipinski definition) is 1. The SMILES string of the molecule is Cc1cc(=O)c(C(=O)NCc2ccccc2OCCC(C)C)nn1-c1ccccc1[N+](=O)[O-]. The van der Waals surface area contributed by atoms with Crippen LogP contribution in [0, 0.1) is 23.0 Å². The van der Waals surface area contributed by atoms with Gasteiger partial charge in [-0.2, -0.15) is 5.10 Å². The average Bonchev–Trinajstić information content (AvgIpc) is 2.78. The van der Waals surface area contributed by atoms with Crippen LogP contribution in [-0.4, -0.2) is 27.2 Å². The van der Waals surface area contributed by atoms with Crippen LogP contribution in [0.15, 0.2) is 59.4 Å². The number of hydrogen-bond acceptors (Lipinski definition) is 6. The van der Waals surface area contributed by atoms with Gasteiger partial charge in [0.25, 0.3) is 11.6 Å². The lowest BCUT2D eigenvalue weighted by Gasteiger charge is -2.14. The van der Waals surface area contributed by atoms with Crippen LogP contribution in [0.2, 0.25) is 0 Å². The van der Waals surface area contributed by atoms with Gasteiger partial charge in [0.2, 0.25) is 5.43 Å². The quantitative estimate of drug-likeness (QED) is 0.391. The molecule has 0 fully saturated rings. The molecule has 2 aromatic carbocycles. The summed E-state index contributed by atoms with van der Waals surface area (Å²) in [6.45, 7) is 6.51. The van der Waals surface area contributed by atoms with Crippen LogP contribution in [0.4, 0.5) is 5.69 Å². The molecule has 0 spiro atoms. The third kappa shape index (κ3) is 5.82. The molecule has 1 heterocycles. The highest BCUT2D eigenvalue weighted by atomic mass is 16.6. The van der Waals surface area contributed by atoms with Crippen molar-refractivity contribution in [1.29, 1.82) is 0 Å².